The highest BCUT2D eigenvalue weighted by molar-refractivity contribution is 5.72. The van der Waals surface area contributed by atoms with Crippen molar-refractivity contribution in [2.75, 3.05) is 0 Å². The average Bonchev–Trinajstić information content (AvgIpc) is 2.27. The van der Waals surface area contributed by atoms with Crippen molar-refractivity contribution in [2.45, 2.75) is 14.4 Å². The van der Waals surface area contributed by atoms with Crippen LogP contribution in [0.5, 0.6) is 0 Å². The lowest BCUT2D eigenvalue weighted by atomic mass is 10.2. The van der Waals surface area contributed by atoms with Crippen LogP contribution in [0.15, 0.2) is 27.4 Å². The van der Waals surface area contributed by atoms with Gasteiger partial charge < -0.3 is 4.42 Å². The molecule has 0 aliphatic heterocycles. The van der Waals surface area contributed by atoms with Gasteiger partial charge in [0.2, 0.25) is 0 Å². The van der Waals surface area contributed by atoms with Gasteiger partial charge in [0, 0.05) is 0 Å². The second-order valence-corrected chi connectivity index (χ2v) is 2.51. The fourth-order valence-corrected chi connectivity index (χ4v) is 1.07. The highest BCUT2D eigenvalue weighted by atomic mass is 16.4. The molecule has 3 nitrogen and oxygen atoms in total. The van der Waals surface area contributed by atoms with E-state index in [2.05, 4.69) is 4.98 Å². The Kier molecular flexibility index (Phi) is 2.04. The molecular formula is C9H11NO2. The second kappa shape index (κ2) is 2.85. The first-order chi connectivity index (χ1) is 5.25. The van der Waals surface area contributed by atoms with Gasteiger partial charge in [-0.2, -0.15) is 0 Å². The largest absolute Gasteiger partial charge is 0.417 e. The van der Waals surface area contributed by atoms with Crippen LogP contribution >= 0.6 is 0 Å². The van der Waals surface area contributed by atoms with Gasteiger partial charge in [-0.25, -0.2) is 4.79 Å². The Morgan fingerprint density at radius 1 is 1.42 bits per heavy atom. The third-order valence-corrected chi connectivity index (χ3v) is 1.57. The number of aryl methyl sites for hydroxylation is 1. The summed E-state index contributed by atoms with van der Waals surface area (Å²) in [6.45, 7) is 1.96. The van der Waals surface area contributed by atoms with Gasteiger partial charge in [-0.3, -0.25) is 4.98 Å². The van der Waals surface area contributed by atoms with E-state index in [0.29, 0.717) is 5.58 Å². The fraction of sp³-hybridized carbons (Fsp3) is 0.222. The molecule has 0 fully saturated rings. The molecule has 64 valence electrons. The quantitative estimate of drug-likeness (QED) is 0.649. The molecule has 0 radical (unpaired) electrons. The van der Waals surface area contributed by atoms with E-state index in [9.17, 15) is 4.79 Å². The maximum Gasteiger partial charge on any atom is 0.417 e. The van der Waals surface area contributed by atoms with Crippen LogP contribution in [0.1, 0.15) is 13.0 Å². The molecule has 0 unspecified atom stereocenters. The normalized spacial score (nSPS) is 9.75. The zero-order valence-corrected chi connectivity index (χ0v) is 6.05. The summed E-state index contributed by atoms with van der Waals surface area (Å²) in [5, 5.41) is 0. The molecule has 1 heterocycles. The van der Waals surface area contributed by atoms with Gasteiger partial charge in [-0.1, -0.05) is 13.5 Å². The van der Waals surface area contributed by atoms with Crippen molar-refractivity contribution in [2.24, 2.45) is 0 Å². The lowest BCUT2D eigenvalue weighted by Crippen LogP contribution is -1.92. The van der Waals surface area contributed by atoms with E-state index in [1.807, 2.05) is 19.1 Å². The summed E-state index contributed by atoms with van der Waals surface area (Å²) in [6, 6.07) is 5.56. The molecule has 3 heteroatoms. The minimum Gasteiger partial charge on any atom is -0.408 e. The molecule has 0 saturated heterocycles. The monoisotopic (exact) mass is 165 g/mol. The van der Waals surface area contributed by atoms with E-state index in [-0.39, 0.29) is 7.43 Å². The molecule has 1 aromatic heterocycles. The Morgan fingerprint density at radius 2 is 2.17 bits per heavy atom. The predicted octanol–water partition coefficient (Wildman–Crippen LogP) is 2.07. The molecule has 0 saturated carbocycles. The highest BCUT2D eigenvalue weighted by Crippen LogP contribution is 2.10. The third kappa shape index (κ3) is 1.25. The number of fused-ring (bicyclic) bond motifs is 1. The number of nitrogens with one attached hydrogen (secondary N) is 1. The van der Waals surface area contributed by atoms with Gasteiger partial charge >= 0.3 is 5.76 Å². The first-order valence-corrected chi connectivity index (χ1v) is 3.35. The minimum atomic E-state index is -0.398. The van der Waals surface area contributed by atoms with Gasteiger partial charge in [0.05, 0.1) is 5.52 Å². The summed E-state index contributed by atoms with van der Waals surface area (Å²) >= 11 is 0. The molecular weight excluding hydrogens is 154 g/mol. The zero-order valence-electron chi connectivity index (χ0n) is 6.05. The van der Waals surface area contributed by atoms with Gasteiger partial charge in [-0.05, 0) is 24.6 Å². The lowest BCUT2D eigenvalue weighted by molar-refractivity contribution is 0.555. The van der Waals surface area contributed by atoms with Crippen LogP contribution < -0.4 is 5.76 Å². The van der Waals surface area contributed by atoms with E-state index in [0.717, 1.165) is 11.1 Å². The topological polar surface area (TPSA) is 46.0 Å². The maximum absolute atomic E-state index is 10.7. The van der Waals surface area contributed by atoms with E-state index >= 15 is 0 Å². The lowest BCUT2D eigenvalue weighted by Gasteiger charge is -1.88. The Bertz CT molecular complexity index is 439. The summed E-state index contributed by atoms with van der Waals surface area (Å²) in [6.07, 6.45) is 0. The molecule has 0 spiro atoms. The molecule has 0 atom stereocenters. The molecule has 1 N–H and O–H groups in total. The Balaban J connectivity index is 0.000000720. The Hall–Kier alpha value is -1.51. The summed E-state index contributed by atoms with van der Waals surface area (Å²) in [4.78, 5) is 13.3. The standard InChI is InChI=1S/C8H7NO2.CH4/c1-5-2-3-7-6(4-5)9-8(10)11-7;/h2-4H,1H3,(H,9,10);1H4. The summed E-state index contributed by atoms with van der Waals surface area (Å²) in [5.74, 6) is -0.398. The van der Waals surface area contributed by atoms with Crippen LogP contribution in [0.25, 0.3) is 11.1 Å². The molecule has 0 aliphatic rings. The van der Waals surface area contributed by atoms with Crippen LogP contribution in [0.4, 0.5) is 0 Å². The maximum atomic E-state index is 10.7. The van der Waals surface area contributed by atoms with Crippen molar-refractivity contribution < 1.29 is 4.42 Å². The molecule has 0 bridgehead atoms. The van der Waals surface area contributed by atoms with E-state index in [4.69, 9.17) is 4.42 Å². The van der Waals surface area contributed by atoms with E-state index in [1.165, 1.54) is 0 Å². The van der Waals surface area contributed by atoms with Gasteiger partial charge in [0.15, 0.2) is 5.58 Å². The molecule has 2 rings (SSSR count). The Labute approximate surface area is 70.0 Å². The van der Waals surface area contributed by atoms with Crippen molar-refractivity contribution >= 4 is 11.1 Å². The van der Waals surface area contributed by atoms with E-state index in [1.54, 1.807) is 6.07 Å². The molecule has 1 aromatic carbocycles. The van der Waals surface area contributed by atoms with Crippen LogP contribution in [0, 0.1) is 6.92 Å². The number of H-pyrrole nitrogens is 1. The number of aromatic nitrogens is 1. The van der Waals surface area contributed by atoms with Crippen LogP contribution in [-0.4, -0.2) is 4.98 Å². The predicted molar refractivity (Wildman–Crippen MR) is 48.3 cm³/mol. The third-order valence-electron chi connectivity index (χ3n) is 1.57. The van der Waals surface area contributed by atoms with Gasteiger partial charge in [0.1, 0.15) is 0 Å². The molecule has 12 heavy (non-hydrogen) atoms. The fourth-order valence-electron chi connectivity index (χ4n) is 1.07. The molecule has 2 aromatic rings. The van der Waals surface area contributed by atoms with Crippen LogP contribution in [0.3, 0.4) is 0 Å². The van der Waals surface area contributed by atoms with Crippen molar-refractivity contribution in [3.05, 3.63) is 34.3 Å². The summed E-state index contributed by atoms with van der Waals surface area (Å²) in [7, 11) is 0. The second-order valence-electron chi connectivity index (χ2n) is 2.51. The number of aromatic amines is 1. The smallest absolute Gasteiger partial charge is 0.408 e. The van der Waals surface area contributed by atoms with Gasteiger partial charge in [-0.15, -0.1) is 0 Å². The number of benzene rings is 1. The van der Waals surface area contributed by atoms with Crippen molar-refractivity contribution in [3.8, 4) is 0 Å². The zero-order chi connectivity index (χ0) is 7.84. The number of oxazole rings is 1. The molecule has 0 aliphatic carbocycles. The highest BCUT2D eigenvalue weighted by Gasteiger charge is 1.98. The SMILES string of the molecule is C.Cc1ccc2oc(=O)[nH]c2c1. The first-order valence-electron chi connectivity index (χ1n) is 3.35. The van der Waals surface area contributed by atoms with Crippen molar-refractivity contribution in [1.29, 1.82) is 0 Å². The van der Waals surface area contributed by atoms with Crippen LogP contribution in [0.2, 0.25) is 0 Å². The number of rotatable bonds is 0. The Morgan fingerprint density at radius 3 is 2.92 bits per heavy atom. The number of hydrogen-bond acceptors (Lipinski definition) is 2. The summed E-state index contributed by atoms with van der Waals surface area (Å²) in [5.41, 5.74) is 2.48. The van der Waals surface area contributed by atoms with Crippen LogP contribution in [-0.2, 0) is 0 Å². The molecule has 0 amide bonds. The summed E-state index contributed by atoms with van der Waals surface area (Å²) < 4.78 is 4.81. The van der Waals surface area contributed by atoms with Crippen molar-refractivity contribution in [1.82, 2.24) is 4.98 Å². The van der Waals surface area contributed by atoms with Crippen molar-refractivity contribution in [3.63, 3.8) is 0 Å². The minimum absolute atomic E-state index is 0. The number of hydrogen-bond donors (Lipinski definition) is 1. The average molecular weight is 165 g/mol. The van der Waals surface area contributed by atoms with E-state index < -0.39 is 5.76 Å². The first kappa shape index (κ1) is 8.59. The van der Waals surface area contributed by atoms with Gasteiger partial charge in [0.25, 0.3) is 0 Å².